The van der Waals surface area contributed by atoms with Crippen molar-refractivity contribution in [2.75, 3.05) is 13.1 Å². The molecule has 1 N–H and O–H groups in total. The monoisotopic (exact) mass is 234 g/mol. The number of rotatable bonds is 7. The van der Waals surface area contributed by atoms with Crippen molar-refractivity contribution in [3.05, 3.63) is 35.4 Å². The summed E-state index contributed by atoms with van der Waals surface area (Å²) in [6, 6.07) is 9.28. The highest BCUT2D eigenvalue weighted by Crippen LogP contribution is 2.11. The van der Waals surface area contributed by atoms with E-state index in [-0.39, 0.29) is 0 Å². The molecule has 0 radical (unpaired) electrons. The summed E-state index contributed by atoms with van der Waals surface area (Å²) in [5.74, 6) is 0. The van der Waals surface area contributed by atoms with Crippen molar-refractivity contribution >= 4 is 0 Å². The van der Waals surface area contributed by atoms with Crippen LogP contribution < -0.4 is 5.32 Å². The molecule has 0 aliphatic rings. The minimum atomic E-state index is 0.538. The molecular weight excluding hydrogens is 208 g/mol. The minimum absolute atomic E-state index is 0.538. The topological polar surface area (TPSA) is 15.3 Å². The zero-order valence-corrected chi connectivity index (χ0v) is 11.7. The fourth-order valence-electron chi connectivity index (χ4n) is 1.89. The van der Waals surface area contributed by atoms with Crippen molar-refractivity contribution in [1.29, 1.82) is 0 Å². The number of nitrogens with one attached hydrogen (secondary N) is 1. The highest BCUT2D eigenvalue weighted by molar-refractivity contribution is 5.27. The van der Waals surface area contributed by atoms with Crippen molar-refractivity contribution in [2.24, 2.45) is 0 Å². The fraction of sp³-hybridized carbons (Fsp3) is 0.600. The van der Waals surface area contributed by atoms with E-state index in [1.165, 1.54) is 11.1 Å². The Labute approximate surface area is 106 Å². The lowest BCUT2D eigenvalue weighted by molar-refractivity contribution is 0.294. The van der Waals surface area contributed by atoms with Crippen molar-refractivity contribution in [3.63, 3.8) is 0 Å². The number of nitrogens with zero attached hydrogens (tertiary/aromatic N) is 1. The summed E-state index contributed by atoms with van der Waals surface area (Å²) in [6.45, 7) is 13.1. The molecule has 0 aliphatic carbocycles. The minimum Gasteiger partial charge on any atom is -0.310 e. The molecule has 0 unspecified atom stereocenters. The second-order valence-corrected chi connectivity index (χ2v) is 4.77. The van der Waals surface area contributed by atoms with E-state index in [2.05, 4.69) is 62.2 Å². The van der Waals surface area contributed by atoms with Gasteiger partial charge in [-0.05, 0) is 24.2 Å². The van der Waals surface area contributed by atoms with Gasteiger partial charge in [0, 0.05) is 19.1 Å². The lowest BCUT2D eigenvalue weighted by Crippen LogP contribution is -2.25. The molecule has 0 fully saturated rings. The summed E-state index contributed by atoms with van der Waals surface area (Å²) in [6.07, 6.45) is 0. The maximum atomic E-state index is 3.49. The van der Waals surface area contributed by atoms with Crippen LogP contribution >= 0.6 is 0 Å². The Hall–Kier alpha value is -0.860. The molecule has 0 saturated heterocycles. The normalized spacial score (nSPS) is 11.4. The molecule has 0 aromatic heterocycles. The Morgan fingerprint density at radius 1 is 1.06 bits per heavy atom. The third-order valence-corrected chi connectivity index (χ3v) is 3.11. The van der Waals surface area contributed by atoms with Crippen molar-refractivity contribution in [1.82, 2.24) is 10.2 Å². The molecule has 1 aromatic carbocycles. The highest BCUT2D eigenvalue weighted by atomic mass is 15.1. The molecular formula is C15H26N2. The van der Waals surface area contributed by atoms with Crippen LogP contribution in [0.1, 0.15) is 38.8 Å². The molecule has 0 amide bonds. The molecule has 0 saturated carbocycles. The Morgan fingerprint density at radius 3 is 2.18 bits per heavy atom. The van der Waals surface area contributed by atoms with E-state index in [4.69, 9.17) is 0 Å². The second kappa shape index (κ2) is 7.46. The Bertz CT molecular complexity index is 316. The first-order valence-corrected chi connectivity index (χ1v) is 6.69. The molecule has 1 rings (SSSR count). The van der Waals surface area contributed by atoms with Crippen LogP contribution in [0.5, 0.6) is 0 Å². The smallest absolute Gasteiger partial charge is 0.0236 e. The second-order valence-electron chi connectivity index (χ2n) is 4.77. The van der Waals surface area contributed by atoms with Crippen molar-refractivity contribution in [2.45, 2.75) is 46.8 Å². The molecule has 0 aliphatic heterocycles. The lowest BCUT2D eigenvalue weighted by Gasteiger charge is -2.20. The van der Waals surface area contributed by atoms with Gasteiger partial charge in [-0.2, -0.15) is 0 Å². The third-order valence-electron chi connectivity index (χ3n) is 3.11. The molecule has 0 spiro atoms. The van der Waals surface area contributed by atoms with E-state index in [1.807, 2.05) is 0 Å². The summed E-state index contributed by atoms with van der Waals surface area (Å²) in [5, 5.41) is 3.49. The average Bonchev–Trinajstić information content (AvgIpc) is 2.34. The van der Waals surface area contributed by atoms with Gasteiger partial charge in [0.25, 0.3) is 0 Å². The molecule has 0 heterocycles. The lowest BCUT2D eigenvalue weighted by atomic mass is 10.1. The van der Waals surface area contributed by atoms with Crippen LogP contribution in [0.25, 0.3) is 0 Å². The highest BCUT2D eigenvalue weighted by Gasteiger charge is 2.06. The molecule has 96 valence electrons. The van der Waals surface area contributed by atoms with Crippen LogP contribution in [0, 0.1) is 0 Å². The molecule has 0 atom stereocenters. The Balaban J connectivity index is 2.69. The summed E-state index contributed by atoms with van der Waals surface area (Å²) in [7, 11) is 0. The summed E-state index contributed by atoms with van der Waals surface area (Å²) >= 11 is 0. The van der Waals surface area contributed by atoms with Gasteiger partial charge >= 0.3 is 0 Å². The fourth-order valence-corrected chi connectivity index (χ4v) is 1.89. The van der Waals surface area contributed by atoms with E-state index >= 15 is 0 Å². The van der Waals surface area contributed by atoms with Crippen LogP contribution in [0.15, 0.2) is 24.3 Å². The molecule has 1 aromatic rings. The number of hydrogen-bond donors (Lipinski definition) is 1. The van der Waals surface area contributed by atoms with E-state index < -0.39 is 0 Å². The van der Waals surface area contributed by atoms with Gasteiger partial charge in [0.15, 0.2) is 0 Å². The largest absolute Gasteiger partial charge is 0.310 e. The number of benzene rings is 1. The molecule has 2 heteroatoms. The molecule has 17 heavy (non-hydrogen) atoms. The quantitative estimate of drug-likeness (QED) is 0.780. The van der Waals surface area contributed by atoms with Gasteiger partial charge in [0.1, 0.15) is 0 Å². The summed E-state index contributed by atoms with van der Waals surface area (Å²) < 4.78 is 0. The van der Waals surface area contributed by atoms with Crippen molar-refractivity contribution < 1.29 is 0 Å². The molecule has 0 bridgehead atoms. The van der Waals surface area contributed by atoms with Gasteiger partial charge < -0.3 is 5.32 Å². The van der Waals surface area contributed by atoms with E-state index in [9.17, 15) is 0 Å². The van der Waals surface area contributed by atoms with E-state index in [0.29, 0.717) is 6.04 Å². The standard InChI is InChI=1S/C15H26N2/c1-5-17(6-2)12-15-10-8-7-9-14(15)11-16-13(3)4/h7-10,13,16H,5-6,11-12H2,1-4H3. The van der Waals surface area contributed by atoms with Crippen LogP contribution in [-0.2, 0) is 13.1 Å². The predicted molar refractivity (Wildman–Crippen MR) is 75.0 cm³/mol. The Morgan fingerprint density at radius 2 is 1.65 bits per heavy atom. The van der Waals surface area contributed by atoms with Crippen LogP contribution in [0.3, 0.4) is 0 Å². The molecule has 2 nitrogen and oxygen atoms in total. The first-order chi connectivity index (χ1) is 8.17. The summed E-state index contributed by atoms with van der Waals surface area (Å²) in [5.41, 5.74) is 2.87. The van der Waals surface area contributed by atoms with Gasteiger partial charge in [0.2, 0.25) is 0 Å². The van der Waals surface area contributed by atoms with Gasteiger partial charge in [-0.15, -0.1) is 0 Å². The third kappa shape index (κ3) is 4.88. The van der Waals surface area contributed by atoms with Gasteiger partial charge in [-0.3, -0.25) is 4.90 Å². The maximum Gasteiger partial charge on any atom is 0.0236 e. The van der Waals surface area contributed by atoms with Gasteiger partial charge in [0.05, 0.1) is 0 Å². The SMILES string of the molecule is CCN(CC)Cc1ccccc1CNC(C)C. The van der Waals surface area contributed by atoms with Crippen LogP contribution in [0.2, 0.25) is 0 Å². The van der Waals surface area contributed by atoms with E-state index in [0.717, 1.165) is 26.2 Å². The van der Waals surface area contributed by atoms with Crippen LogP contribution in [-0.4, -0.2) is 24.0 Å². The van der Waals surface area contributed by atoms with Crippen molar-refractivity contribution in [3.8, 4) is 0 Å². The first-order valence-electron chi connectivity index (χ1n) is 6.69. The van der Waals surface area contributed by atoms with E-state index in [1.54, 1.807) is 0 Å². The predicted octanol–water partition coefficient (Wildman–Crippen LogP) is 3.03. The zero-order chi connectivity index (χ0) is 12.7. The number of hydrogen-bond acceptors (Lipinski definition) is 2. The zero-order valence-electron chi connectivity index (χ0n) is 11.7. The average molecular weight is 234 g/mol. The Kier molecular flexibility index (Phi) is 6.23. The van der Waals surface area contributed by atoms with Gasteiger partial charge in [-0.25, -0.2) is 0 Å². The first kappa shape index (κ1) is 14.2. The summed E-state index contributed by atoms with van der Waals surface area (Å²) in [4.78, 5) is 2.45. The maximum absolute atomic E-state index is 3.49. The van der Waals surface area contributed by atoms with Gasteiger partial charge in [-0.1, -0.05) is 52.0 Å². The van der Waals surface area contributed by atoms with Crippen LogP contribution in [0.4, 0.5) is 0 Å².